The van der Waals surface area contributed by atoms with Crippen molar-refractivity contribution in [2.75, 3.05) is 0 Å². The molecule has 3 nitrogen and oxygen atoms in total. The minimum atomic E-state index is -2.18. The van der Waals surface area contributed by atoms with Crippen molar-refractivity contribution < 1.29 is 8.42 Å². The first-order chi connectivity index (χ1) is 8.25. The van der Waals surface area contributed by atoms with E-state index in [4.69, 9.17) is 0 Å². The minimum Gasteiger partial charge on any atom is -0.248 e. The SMILES string of the molecule is O=S(=O)=C1CC=Cc2nc3ccccc3cc21. The lowest BCUT2D eigenvalue weighted by Gasteiger charge is -2.11. The first kappa shape index (κ1) is 10.2. The average Bonchev–Trinajstić information content (AvgIpc) is 2.35. The van der Waals surface area contributed by atoms with Crippen molar-refractivity contribution in [2.24, 2.45) is 0 Å². The molecule has 0 atom stereocenters. The molecule has 0 saturated carbocycles. The van der Waals surface area contributed by atoms with Crippen LogP contribution < -0.4 is 0 Å². The molecule has 1 aliphatic rings. The summed E-state index contributed by atoms with van der Waals surface area (Å²) in [5, 5.41) is 0.963. The molecule has 17 heavy (non-hydrogen) atoms. The Balaban J connectivity index is 2.43. The fourth-order valence-electron chi connectivity index (χ4n) is 2.03. The van der Waals surface area contributed by atoms with E-state index in [2.05, 4.69) is 4.98 Å². The second-order valence-corrected chi connectivity index (χ2v) is 4.84. The van der Waals surface area contributed by atoms with E-state index in [1.807, 2.05) is 42.5 Å². The molecule has 0 unspecified atom stereocenters. The molecular formula is C13H9NO2S. The molecule has 0 fully saturated rings. The molecular weight excluding hydrogens is 234 g/mol. The minimum absolute atomic E-state index is 0.417. The van der Waals surface area contributed by atoms with Crippen LogP contribution in [0, 0.1) is 0 Å². The van der Waals surface area contributed by atoms with Crippen LogP contribution in [0.3, 0.4) is 0 Å². The summed E-state index contributed by atoms with van der Waals surface area (Å²) < 4.78 is 22.3. The molecule has 1 aromatic carbocycles. The first-order valence-corrected chi connectivity index (χ1v) is 6.35. The Kier molecular flexibility index (Phi) is 2.30. The number of allylic oxidation sites excluding steroid dienone is 1. The van der Waals surface area contributed by atoms with E-state index < -0.39 is 10.3 Å². The summed E-state index contributed by atoms with van der Waals surface area (Å²) >= 11 is 0. The van der Waals surface area contributed by atoms with Gasteiger partial charge < -0.3 is 0 Å². The van der Waals surface area contributed by atoms with Gasteiger partial charge >= 0.3 is 0 Å². The molecule has 3 rings (SSSR count). The Labute approximate surface area is 100.0 Å². The molecule has 84 valence electrons. The van der Waals surface area contributed by atoms with Gasteiger partial charge in [-0.3, -0.25) is 0 Å². The largest absolute Gasteiger partial charge is 0.248 e. The van der Waals surface area contributed by atoms with Gasteiger partial charge in [0.25, 0.3) is 0 Å². The topological polar surface area (TPSA) is 47.0 Å². The van der Waals surface area contributed by atoms with E-state index in [1.165, 1.54) is 0 Å². The maximum atomic E-state index is 11.2. The van der Waals surface area contributed by atoms with Gasteiger partial charge in [0, 0.05) is 17.4 Å². The van der Waals surface area contributed by atoms with E-state index in [-0.39, 0.29) is 0 Å². The zero-order valence-corrected chi connectivity index (χ0v) is 9.74. The van der Waals surface area contributed by atoms with Gasteiger partial charge in [0.2, 0.25) is 10.3 Å². The second-order valence-electron chi connectivity index (χ2n) is 3.88. The van der Waals surface area contributed by atoms with Crippen LogP contribution in [-0.4, -0.2) is 18.3 Å². The van der Waals surface area contributed by atoms with Crippen LogP contribution in [0.2, 0.25) is 0 Å². The maximum Gasteiger partial charge on any atom is 0.218 e. The highest BCUT2D eigenvalue weighted by Crippen LogP contribution is 2.22. The Morgan fingerprint density at radius 3 is 2.82 bits per heavy atom. The first-order valence-electron chi connectivity index (χ1n) is 5.27. The van der Waals surface area contributed by atoms with Gasteiger partial charge in [0.15, 0.2) is 0 Å². The van der Waals surface area contributed by atoms with E-state index in [0.29, 0.717) is 11.3 Å². The molecule has 0 aliphatic heterocycles. The number of aromatic nitrogens is 1. The van der Waals surface area contributed by atoms with Crippen molar-refractivity contribution in [3.8, 4) is 0 Å². The molecule has 0 spiro atoms. The van der Waals surface area contributed by atoms with E-state index in [1.54, 1.807) is 0 Å². The van der Waals surface area contributed by atoms with Crippen molar-refractivity contribution >= 4 is 32.1 Å². The van der Waals surface area contributed by atoms with Gasteiger partial charge in [0.05, 0.1) is 16.1 Å². The maximum absolute atomic E-state index is 11.2. The predicted molar refractivity (Wildman–Crippen MR) is 68.4 cm³/mol. The Morgan fingerprint density at radius 2 is 2.00 bits per heavy atom. The number of rotatable bonds is 0. The van der Waals surface area contributed by atoms with Crippen molar-refractivity contribution in [1.82, 2.24) is 4.98 Å². The summed E-state index contributed by atoms with van der Waals surface area (Å²) in [6, 6.07) is 9.60. The van der Waals surface area contributed by atoms with Gasteiger partial charge in [-0.25, -0.2) is 4.98 Å². The van der Waals surface area contributed by atoms with Gasteiger partial charge in [-0.1, -0.05) is 24.3 Å². The lowest BCUT2D eigenvalue weighted by molar-refractivity contribution is 0.627. The van der Waals surface area contributed by atoms with Crippen LogP contribution in [0.1, 0.15) is 17.7 Å². The lowest BCUT2D eigenvalue weighted by Crippen LogP contribution is -2.08. The number of hydrogen-bond donors (Lipinski definition) is 0. The molecule has 1 aliphatic carbocycles. The van der Waals surface area contributed by atoms with Crippen molar-refractivity contribution in [2.45, 2.75) is 6.42 Å². The summed E-state index contributed by atoms with van der Waals surface area (Å²) in [5.41, 5.74) is 2.34. The van der Waals surface area contributed by atoms with Gasteiger partial charge in [-0.05, 0) is 18.2 Å². The highest BCUT2D eigenvalue weighted by atomic mass is 32.2. The van der Waals surface area contributed by atoms with Gasteiger partial charge in [0.1, 0.15) is 0 Å². The quantitative estimate of drug-likeness (QED) is 0.665. The Bertz CT molecular complexity index is 765. The van der Waals surface area contributed by atoms with Crippen LogP contribution >= 0.6 is 0 Å². The monoisotopic (exact) mass is 243 g/mol. The highest BCUT2D eigenvalue weighted by molar-refractivity contribution is 7.73. The smallest absolute Gasteiger partial charge is 0.218 e. The summed E-state index contributed by atoms with van der Waals surface area (Å²) in [6.45, 7) is 0. The Hall–Kier alpha value is -1.94. The van der Waals surface area contributed by atoms with Gasteiger partial charge in [-0.2, -0.15) is 8.42 Å². The third kappa shape index (κ3) is 1.66. The molecule has 0 saturated heterocycles. The number of fused-ring (bicyclic) bond motifs is 2. The van der Waals surface area contributed by atoms with Crippen molar-refractivity contribution in [3.05, 3.63) is 47.7 Å². The van der Waals surface area contributed by atoms with Crippen LogP contribution in [0.15, 0.2) is 36.4 Å². The molecule has 0 bridgehead atoms. The number of benzene rings is 1. The average molecular weight is 243 g/mol. The number of pyridine rings is 1. The molecule has 0 N–H and O–H groups in total. The standard InChI is InChI=1S/C13H9NO2S/c15-17(16)13-7-3-6-12-10(13)8-9-4-1-2-5-11(9)14-12/h1-6,8H,7H2. The van der Waals surface area contributed by atoms with Gasteiger partial charge in [-0.15, -0.1) is 0 Å². The summed E-state index contributed by atoms with van der Waals surface area (Å²) in [6.07, 6.45) is 4.15. The molecule has 2 aromatic rings. The van der Waals surface area contributed by atoms with Crippen LogP contribution in [0.25, 0.3) is 17.0 Å². The molecule has 1 heterocycles. The molecule has 1 aromatic heterocycles. The third-order valence-electron chi connectivity index (χ3n) is 2.83. The number of hydrogen-bond acceptors (Lipinski definition) is 3. The second kappa shape index (κ2) is 3.82. The third-order valence-corrected chi connectivity index (χ3v) is 3.62. The molecule has 4 heteroatoms. The summed E-state index contributed by atoms with van der Waals surface area (Å²) in [5.74, 6) is 0. The number of nitrogens with zero attached hydrogens (tertiary/aromatic N) is 1. The summed E-state index contributed by atoms with van der Waals surface area (Å²) in [4.78, 5) is 4.88. The van der Waals surface area contributed by atoms with Crippen LogP contribution in [0.5, 0.6) is 0 Å². The molecule has 0 amide bonds. The number of para-hydroxylation sites is 1. The predicted octanol–water partition coefficient (Wildman–Crippen LogP) is 2.05. The molecule has 0 radical (unpaired) electrons. The Morgan fingerprint density at radius 1 is 1.18 bits per heavy atom. The van der Waals surface area contributed by atoms with Crippen molar-refractivity contribution in [3.63, 3.8) is 0 Å². The normalized spacial score (nSPS) is 13.8. The van der Waals surface area contributed by atoms with Crippen LogP contribution in [0.4, 0.5) is 0 Å². The van der Waals surface area contributed by atoms with Crippen LogP contribution in [-0.2, 0) is 10.3 Å². The summed E-state index contributed by atoms with van der Waals surface area (Å²) in [7, 11) is -2.18. The zero-order chi connectivity index (χ0) is 11.8. The highest BCUT2D eigenvalue weighted by Gasteiger charge is 2.14. The fourth-order valence-corrected chi connectivity index (χ4v) is 2.60. The zero-order valence-electron chi connectivity index (χ0n) is 8.92. The van der Waals surface area contributed by atoms with Crippen molar-refractivity contribution in [1.29, 1.82) is 0 Å². The van der Waals surface area contributed by atoms with E-state index in [9.17, 15) is 8.42 Å². The van der Waals surface area contributed by atoms with E-state index >= 15 is 0 Å². The lowest BCUT2D eigenvalue weighted by atomic mass is 10.00. The fraction of sp³-hybridized carbons (Fsp3) is 0.0769. The van der Waals surface area contributed by atoms with E-state index in [0.717, 1.165) is 22.2 Å².